The fraction of sp³-hybridized carbons (Fsp3) is 0.800. The first-order valence-corrected chi connectivity index (χ1v) is 4.68. The van der Waals surface area contributed by atoms with Gasteiger partial charge in [0.2, 0.25) is 0 Å². The number of ether oxygens (including phenoxy) is 1. The van der Waals surface area contributed by atoms with Gasteiger partial charge in [0.25, 0.3) is 0 Å². The van der Waals surface area contributed by atoms with Gasteiger partial charge in [-0.15, -0.1) is 0 Å². The highest BCUT2D eigenvalue weighted by Gasteiger charge is 2.20. The third-order valence-electron chi connectivity index (χ3n) is 1.51. The number of aliphatic hydroxyl groups is 1. The van der Waals surface area contributed by atoms with Crippen molar-refractivity contribution in [2.24, 2.45) is 5.92 Å². The number of nitrogens with one attached hydrogen (secondary N) is 1. The van der Waals surface area contributed by atoms with E-state index in [2.05, 4.69) is 0 Å². The zero-order valence-corrected chi connectivity index (χ0v) is 9.26. The van der Waals surface area contributed by atoms with Crippen LogP contribution < -0.4 is 0 Å². The second-order valence-corrected chi connectivity index (χ2v) is 4.47. The molecule has 0 rings (SSSR count). The molecular weight excluding hydrogens is 182 g/mol. The Labute approximate surface area is 84.8 Å². The maximum Gasteiger partial charge on any atom is 0.352 e. The SMILES string of the molecule is C[C@H](CO)CC(=N)C(=O)OC(C)(C)C. The monoisotopic (exact) mass is 201 g/mol. The zero-order chi connectivity index (χ0) is 11.4. The van der Waals surface area contributed by atoms with Crippen molar-refractivity contribution in [1.29, 1.82) is 5.41 Å². The molecule has 0 aromatic carbocycles. The fourth-order valence-electron chi connectivity index (χ4n) is 0.836. The van der Waals surface area contributed by atoms with Crippen molar-refractivity contribution in [3.63, 3.8) is 0 Å². The van der Waals surface area contributed by atoms with Gasteiger partial charge in [-0.1, -0.05) is 6.92 Å². The Bertz CT molecular complexity index is 218. The molecule has 0 bridgehead atoms. The molecule has 0 aliphatic heterocycles. The molecule has 0 amide bonds. The number of hydrogen-bond donors (Lipinski definition) is 2. The number of esters is 1. The lowest BCUT2D eigenvalue weighted by molar-refractivity contribution is -0.146. The molecule has 0 aliphatic rings. The van der Waals surface area contributed by atoms with Gasteiger partial charge in [0.1, 0.15) is 11.3 Å². The van der Waals surface area contributed by atoms with E-state index < -0.39 is 11.6 Å². The number of aliphatic hydroxyl groups excluding tert-OH is 1. The van der Waals surface area contributed by atoms with Gasteiger partial charge in [0.05, 0.1) is 0 Å². The van der Waals surface area contributed by atoms with Crippen LogP contribution in [0.4, 0.5) is 0 Å². The molecule has 0 aromatic heterocycles. The summed E-state index contributed by atoms with van der Waals surface area (Å²) in [6, 6.07) is 0. The predicted molar refractivity (Wildman–Crippen MR) is 54.4 cm³/mol. The van der Waals surface area contributed by atoms with Gasteiger partial charge in [-0.3, -0.25) is 5.41 Å². The standard InChI is InChI=1S/C10H19NO3/c1-7(6-12)5-8(11)9(13)14-10(2,3)4/h7,11-12H,5-6H2,1-4H3/t7-/m0/s1. The van der Waals surface area contributed by atoms with E-state index >= 15 is 0 Å². The molecule has 0 radical (unpaired) electrons. The van der Waals surface area contributed by atoms with Crippen LogP contribution in [-0.4, -0.2) is 29.0 Å². The van der Waals surface area contributed by atoms with E-state index in [1.54, 1.807) is 27.7 Å². The van der Waals surface area contributed by atoms with Crippen molar-refractivity contribution in [3.05, 3.63) is 0 Å². The average molecular weight is 201 g/mol. The van der Waals surface area contributed by atoms with Crippen LogP contribution in [-0.2, 0) is 9.53 Å². The summed E-state index contributed by atoms with van der Waals surface area (Å²) < 4.78 is 5.00. The van der Waals surface area contributed by atoms with Crippen molar-refractivity contribution in [2.45, 2.75) is 39.7 Å². The summed E-state index contributed by atoms with van der Waals surface area (Å²) in [4.78, 5) is 11.3. The smallest absolute Gasteiger partial charge is 0.352 e. The molecule has 4 heteroatoms. The average Bonchev–Trinajstić information content (AvgIpc) is 2.00. The Morgan fingerprint density at radius 3 is 2.36 bits per heavy atom. The lowest BCUT2D eigenvalue weighted by Gasteiger charge is -2.20. The third-order valence-corrected chi connectivity index (χ3v) is 1.51. The molecule has 0 saturated heterocycles. The number of hydrogen-bond acceptors (Lipinski definition) is 4. The van der Waals surface area contributed by atoms with Gasteiger partial charge in [-0.25, -0.2) is 4.79 Å². The fourth-order valence-corrected chi connectivity index (χ4v) is 0.836. The highest BCUT2D eigenvalue weighted by molar-refractivity contribution is 6.35. The molecular formula is C10H19NO3. The maximum atomic E-state index is 11.3. The molecule has 0 fully saturated rings. The Kier molecular flexibility index (Phi) is 4.77. The van der Waals surface area contributed by atoms with Gasteiger partial charge < -0.3 is 9.84 Å². The summed E-state index contributed by atoms with van der Waals surface area (Å²) in [6.45, 7) is 7.03. The van der Waals surface area contributed by atoms with E-state index in [1.807, 2.05) is 0 Å². The quantitative estimate of drug-likeness (QED) is 0.533. The predicted octanol–water partition coefficient (Wildman–Crippen LogP) is 1.37. The van der Waals surface area contributed by atoms with E-state index in [1.165, 1.54) is 0 Å². The third kappa shape index (κ3) is 5.70. The van der Waals surface area contributed by atoms with Gasteiger partial charge in [0.15, 0.2) is 0 Å². The highest BCUT2D eigenvalue weighted by atomic mass is 16.6. The minimum atomic E-state index is -0.599. The van der Waals surface area contributed by atoms with Gasteiger partial charge in [-0.05, 0) is 26.7 Å². The van der Waals surface area contributed by atoms with Crippen LogP contribution in [0.15, 0.2) is 0 Å². The Morgan fingerprint density at radius 2 is 2.00 bits per heavy atom. The van der Waals surface area contributed by atoms with E-state index in [9.17, 15) is 4.79 Å². The van der Waals surface area contributed by atoms with Crippen LogP contribution in [0, 0.1) is 11.3 Å². The molecule has 14 heavy (non-hydrogen) atoms. The minimum Gasteiger partial charge on any atom is -0.456 e. The van der Waals surface area contributed by atoms with Crippen molar-refractivity contribution in [3.8, 4) is 0 Å². The van der Waals surface area contributed by atoms with Crippen LogP contribution in [0.25, 0.3) is 0 Å². The van der Waals surface area contributed by atoms with E-state index in [-0.39, 0.29) is 24.7 Å². The van der Waals surface area contributed by atoms with Crippen molar-refractivity contribution < 1.29 is 14.6 Å². The summed E-state index contributed by atoms with van der Waals surface area (Å²) in [5, 5.41) is 16.2. The summed E-state index contributed by atoms with van der Waals surface area (Å²) in [5.41, 5.74) is -0.646. The molecule has 4 nitrogen and oxygen atoms in total. The van der Waals surface area contributed by atoms with Crippen molar-refractivity contribution in [2.75, 3.05) is 6.61 Å². The molecule has 0 aliphatic carbocycles. The lowest BCUT2D eigenvalue weighted by Crippen LogP contribution is -2.29. The largest absolute Gasteiger partial charge is 0.456 e. The van der Waals surface area contributed by atoms with Gasteiger partial charge in [-0.2, -0.15) is 0 Å². The van der Waals surface area contributed by atoms with Crippen LogP contribution in [0.3, 0.4) is 0 Å². The minimum absolute atomic E-state index is 0.0226. The summed E-state index contributed by atoms with van der Waals surface area (Å²) in [5.74, 6) is -0.673. The molecule has 82 valence electrons. The van der Waals surface area contributed by atoms with E-state index in [0.29, 0.717) is 0 Å². The van der Waals surface area contributed by atoms with Crippen LogP contribution >= 0.6 is 0 Å². The van der Waals surface area contributed by atoms with E-state index in [0.717, 1.165) is 0 Å². The highest BCUT2D eigenvalue weighted by Crippen LogP contribution is 2.09. The topological polar surface area (TPSA) is 70.4 Å². The molecule has 0 spiro atoms. The first-order valence-electron chi connectivity index (χ1n) is 4.68. The molecule has 0 aromatic rings. The molecule has 0 saturated carbocycles. The van der Waals surface area contributed by atoms with Crippen LogP contribution in [0.5, 0.6) is 0 Å². The van der Waals surface area contributed by atoms with Crippen molar-refractivity contribution >= 4 is 11.7 Å². The summed E-state index contributed by atoms with van der Waals surface area (Å²) in [6.07, 6.45) is 0.255. The molecule has 0 unspecified atom stereocenters. The summed E-state index contributed by atoms with van der Waals surface area (Å²) >= 11 is 0. The molecule has 0 heterocycles. The maximum absolute atomic E-state index is 11.3. The Hall–Kier alpha value is -0.900. The molecule has 1 atom stereocenters. The first kappa shape index (κ1) is 13.1. The van der Waals surface area contributed by atoms with Crippen molar-refractivity contribution in [1.82, 2.24) is 0 Å². The lowest BCUT2D eigenvalue weighted by atomic mass is 10.1. The van der Waals surface area contributed by atoms with Crippen LogP contribution in [0.2, 0.25) is 0 Å². The first-order chi connectivity index (χ1) is 6.26. The Balaban J connectivity index is 4.08. The zero-order valence-electron chi connectivity index (χ0n) is 9.26. The second kappa shape index (κ2) is 5.10. The normalized spacial score (nSPS) is 13.5. The Morgan fingerprint density at radius 1 is 1.50 bits per heavy atom. The number of rotatable bonds is 4. The molecule has 2 N–H and O–H groups in total. The number of carbonyl (C=O) groups excluding carboxylic acids is 1. The summed E-state index contributed by atoms with van der Waals surface area (Å²) in [7, 11) is 0. The van der Waals surface area contributed by atoms with Crippen LogP contribution in [0.1, 0.15) is 34.1 Å². The van der Waals surface area contributed by atoms with Gasteiger partial charge >= 0.3 is 5.97 Å². The van der Waals surface area contributed by atoms with Gasteiger partial charge in [0, 0.05) is 13.0 Å². The number of carbonyl (C=O) groups is 1. The van der Waals surface area contributed by atoms with E-state index in [4.69, 9.17) is 15.3 Å². The second-order valence-electron chi connectivity index (χ2n) is 4.47.